The highest BCUT2D eigenvalue weighted by molar-refractivity contribution is 5.86. The van der Waals surface area contributed by atoms with Crippen molar-refractivity contribution in [1.29, 1.82) is 0 Å². The fourth-order valence-corrected chi connectivity index (χ4v) is 4.89. The second-order valence-corrected chi connectivity index (χ2v) is 8.86. The summed E-state index contributed by atoms with van der Waals surface area (Å²) < 4.78 is 5.91. The third kappa shape index (κ3) is 5.26. The predicted octanol–water partition coefficient (Wildman–Crippen LogP) is 3.03. The van der Waals surface area contributed by atoms with Crippen LogP contribution in [-0.2, 0) is 9.53 Å². The Bertz CT molecular complexity index is 462. The molecule has 0 aromatic rings. The number of hydrogen-bond acceptors (Lipinski definition) is 4. The SMILES string of the molecule is CC1(C)CN(C2(CNC(=O)C3(N)CCCC3)CCCCC2)CCO1.Cl.Cl. The number of nitrogens with zero attached hydrogens (tertiary/aromatic N) is 1. The summed E-state index contributed by atoms with van der Waals surface area (Å²) >= 11 is 0. The second kappa shape index (κ2) is 9.42. The minimum absolute atomic E-state index is 0. The van der Waals surface area contributed by atoms with E-state index in [1.807, 2.05) is 0 Å². The van der Waals surface area contributed by atoms with E-state index in [4.69, 9.17) is 10.5 Å². The third-order valence-electron chi connectivity index (χ3n) is 6.41. The van der Waals surface area contributed by atoms with Gasteiger partial charge in [0.05, 0.1) is 17.7 Å². The lowest BCUT2D eigenvalue weighted by atomic mass is 9.79. The molecule has 5 nitrogen and oxygen atoms in total. The van der Waals surface area contributed by atoms with Crippen molar-refractivity contribution in [2.75, 3.05) is 26.2 Å². The molecule has 3 rings (SSSR count). The summed E-state index contributed by atoms with van der Waals surface area (Å²) in [7, 11) is 0. The van der Waals surface area contributed by atoms with E-state index in [0.717, 1.165) is 51.9 Å². The molecule has 0 aromatic carbocycles. The highest BCUT2D eigenvalue weighted by Gasteiger charge is 2.44. The van der Waals surface area contributed by atoms with Crippen molar-refractivity contribution in [2.24, 2.45) is 5.73 Å². The minimum Gasteiger partial charge on any atom is -0.373 e. The molecule has 26 heavy (non-hydrogen) atoms. The lowest BCUT2D eigenvalue weighted by Gasteiger charge is -2.51. The predicted molar refractivity (Wildman–Crippen MR) is 110 cm³/mol. The molecule has 3 N–H and O–H groups in total. The Labute approximate surface area is 171 Å². The number of hydrogen-bond donors (Lipinski definition) is 2. The topological polar surface area (TPSA) is 67.6 Å². The van der Waals surface area contributed by atoms with E-state index in [9.17, 15) is 4.79 Å². The number of carbonyl (C=O) groups is 1. The summed E-state index contributed by atoms with van der Waals surface area (Å²) in [5.74, 6) is 0.0671. The smallest absolute Gasteiger partial charge is 0.240 e. The van der Waals surface area contributed by atoms with E-state index in [1.165, 1.54) is 32.1 Å². The third-order valence-corrected chi connectivity index (χ3v) is 6.41. The molecule has 7 heteroatoms. The Hall–Kier alpha value is -0.0700. The first-order chi connectivity index (χ1) is 11.4. The second-order valence-electron chi connectivity index (χ2n) is 8.86. The molecular weight excluding hydrogens is 373 g/mol. The molecule has 0 bridgehead atoms. The largest absolute Gasteiger partial charge is 0.373 e. The van der Waals surface area contributed by atoms with Gasteiger partial charge in [-0.3, -0.25) is 9.69 Å². The van der Waals surface area contributed by atoms with Gasteiger partial charge >= 0.3 is 0 Å². The molecule has 3 fully saturated rings. The van der Waals surface area contributed by atoms with E-state index in [1.54, 1.807) is 0 Å². The maximum Gasteiger partial charge on any atom is 0.240 e. The minimum atomic E-state index is -0.625. The maximum atomic E-state index is 12.7. The fourth-order valence-electron chi connectivity index (χ4n) is 4.89. The molecule has 2 aliphatic carbocycles. The number of ether oxygens (including phenoxy) is 1. The number of morpholine rings is 1. The van der Waals surface area contributed by atoms with Crippen LogP contribution in [0.2, 0.25) is 0 Å². The highest BCUT2D eigenvalue weighted by atomic mass is 35.5. The lowest BCUT2D eigenvalue weighted by molar-refractivity contribution is -0.132. The van der Waals surface area contributed by atoms with Crippen LogP contribution in [0.3, 0.4) is 0 Å². The van der Waals surface area contributed by atoms with Crippen molar-refractivity contribution in [3.05, 3.63) is 0 Å². The molecule has 0 spiro atoms. The van der Waals surface area contributed by atoms with Crippen LogP contribution in [0, 0.1) is 0 Å². The number of amides is 1. The van der Waals surface area contributed by atoms with Gasteiger partial charge in [-0.1, -0.05) is 32.1 Å². The maximum absolute atomic E-state index is 12.7. The number of halogens is 2. The van der Waals surface area contributed by atoms with Gasteiger partial charge in [-0.25, -0.2) is 0 Å². The molecule has 1 amide bonds. The first-order valence-electron chi connectivity index (χ1n) is 9.82. The van der Waals surface area contributed by atoms with Gasteiger partial charge in [0.15, 0.2) is 0 Å². The number of carbonyl (C=O) groups excluding carboxylic acids is 1. The Balaban J connectivity index is 0.00000169. The highest BCUT2D eigenvalue weighted by Crippen LogP contribution is 2.36. The van der Waals surface area contributed by atoms with Crippen molar-refractivity contribution in [2.45, 2.75) is 88.3 Å². The normalized spacial score (nSPS) is 27.0. The van der Waals surface area contributed by atoms with Gasteiger partial charge in [-0.2, -0.15) is 0 Å². The molecule has 1 aliphatic heterocycles. The molecule has 0 unspecified atom stereocenters. The van der Waals surface area contributed by atoms with Crippen LogP contribution in [0.15, 0.2) is 0 Å². The number of nitrogens with two attached hydrogens (primary N) is 1. The van der Waals surface area contributed by atoms with Crippen molar-refractivity contribution < 1.29 is 9.53 Å². The van der Waals surface area contributed by atoms with E-state index < -0.39 is 5.54 Å². The van der Waals surface area contributed by atoms with Crippen LogP contribution in [-0.4, -0.2) is 53.7 Å². The Morgan fingerprint density at radius 1 is 1.04 bits per heavy atom. The molecule has 1 saturated heterocycles. The quantitative estimate of drug-likeness (QED) is 0.748. The van der Waals surface area contributed by atoms with Crippen LogP contribution >= 0.6 is 24.8 Å². The van der Waals surface area contributed by atoms with Gasteiger partial charge < -0.3 is 15.8 Å². The molecule has 0 atom stereocenters. The van der Waals surface area contributed by atoms with Crippen LogP contribution < -0.4 is 11.1 Å². The molecule has 154 valence electrons. The molecule has 0 aromatic heterocycles. The van der Waals surface area contributed by atoms with Gasteiger partial charge in [-0.05, 0) is 39.5 Å². The molecule has 2 saturated carbocycles. The summed E-state index contributed by atoms with van der Waals surface area (Å²) in [6, 6.07) is 0. The van der Waals surface area contributed by atoms with Gasteiger partial charge in [0.25, 0.3) is 0 Å². The van der Waals surface area contributed by atoms with Gasteiger partial charge in [0, 0.05) is 25.2 Å². The van der Waals surface area contributed by atoms with Crippen molar-refractivity contribution in [1.82, 2.24) is 10.2 Å². The van der Waals surface area contributed by atoms with Crippen molar-refractivity contribution in [3.63, 3.8) is 0 Å². The first kappa shape index (κ1) is 24.0. The fraction of sp³-hybridized carbons (Fsp3) is 0.947. The van der Waals surface area contributed by atoms with E-state index in [-0.39, 0.29) is 41.9 Å². The van der Waals surface area contributed by atoms with E-state index in [2.05, 4.69) is 24.1 Å². The zero-order chi connectivity index (χ0) is 17.3. The number of rotatable bonds is 4. The summed E-state index contributed by atoms with van der Waals surface area (Å²) in [6.07, 6.45) is 9.96. The van der Waals surface area contributed by atoms with Gasteiger partial charge in [-0.15, -0.1) is 24.8 Å². The van der Waals surface area contributed by atoms with Crippen molar-refractivity contribution >= 4 is 30.7 Å². The summed E-state index contributed by atoms with van der Waals surface area (Å²) in [5.41, 5.74) is 5.70. The summed E-state index contributed by atoms with van der Waals surface area (Å²) in [4.78, 5) is 15.3. The Morgan fingerprint density at radius 3 is 2.19 bits per heavy atom. The number of nitrogens with one attached hydrogen (secondary N) is 1. The van der Waals surface area contributed by atoms with E-state index >= 15 is 0 Å². The summed E-state index contributed by atoms with van der Waals surface area (Å²) in [6.45, 7) is 7.76. The molecule has 3 aliphatic rings. The zero-order valence-corrected chi connectivity index (χ0v) is 18.0. The van der Waals surface area contributed by atoms with Gasteiger partial charge in [0.2, 0.25) is 5.91 Å². The zero-order valence-electron chi connectivity index (χ0n) is 16.3. The van der Waals surface area contributed by atoms with E-state index in [0.29, 0.717) is 0 Å². The Kier molecular flexibility index (Phi) is 8.68. The lowest BCUT2D eigenvalue weighted by Crippen LogP contribution is -2.64. The van der Waals surface area contributed by atoms with Gasteiger partial charge in [0.1, 0.15) is 0 Å². The monoisotopic (exact) mass is 409 g/mol. The van der Waals surface area contributed by atoms with Crippen molar-refractivity contribution in [3.8, 4) is 0 Å². The average Bonchev–Trinajstić information content (AvgIpc) is 3.00. The standard InChI is InChI=1S/C19H35N3O2.2ClH/c1-17(2)15-22(12-13-24-17)18(8-4-3-5-9-18)14-21-16(23)19(20)10-6-7-11-19;;/h3-15,20H2,1-2H3,(H,21,23);2*1H. The molecule has 1 heterocycles. The average molecular weight is 410 g/mol. The van der Waals surface area contributed by atoms with Crippen LogP contribution in [0.5, 0.6) is 0 Å². The molecule has 0 radical (unpaired) electrons. The van der Waals surface area contributed by atoms with Crippen LogP contribution in [0.4, 0.5) is 0 Å². The van der Waals surface area contributed by atoms with Crippen LogP contribution in [0.25, 0.3) is 0 Å². The Morgan fingerprint density at radius 2 is 1.62 bits per heavy atom. The first-order valence-corrected chi connectivity index (χ1v) is 9.82. The molecular formula is C19H37Cl2N3O2. The summed E-state index contributed by atoms with van der Waals surface area (Å²) in [5, 5.41) is 3.25. The van der Waals surface area contributed by atoms with Crippen LogP contribution in [0.1, 0.15) is 71.6 Å².